The van der Waals surface area contributed by atoms with Crippen LogP contribution in [-0.2, 0) is 26.1 Å². The number of fused-ring (bicyclic) bond motifs is 1. The largest absolute Gasteiger partial charge is 0.466 e. The molecule has 4 aliphatic carbocycles. The summed E-state index contributed by atoms with van der Waals surface area (Å²) < 4.78 is 35.7. The molecule has 17 heteroatoms. The monoisotopic (exact) mass is 812 g/mol. The number of carbonyl (C=O) groups is 2. The van der Waals surface area contributed by atoms with E-state index in [1.807, 2.05) is 32.0 Å². The SMILES string of the molecule is CCOC(=O)CCCCS(=O)(=O)NC(=O)c1nc(N(C)c2cc(C)c(Nc3nc4cccnc4s3)nn2)ccc1-c1cnn(CC23CC4CC(CC(C4)C2)C3)c1C. The number of aromatic nitrogens is 7. The number of nitrogens with one attached hydrogen (secondary N) is 2. The third kappa shape index (κ3) is 8.35. The Morgan fingerprint density at radius 2 is 1.75 bits per heavy atom. The predicted octanol–water partition coefficient (Wildman–Crippen LogP) is 6.88. The highest BCUT2D eigenvalue weighted by Gasteiger charge is 2.51. The van der Waals surface area contributed by atoms with Gasteiger partial charge in [-0.25, -0.2) is 28.1 Å². The lowest BCUT2D eigenvalue weighted by Gasteiger charge is -2.56. The van der Waals surface area contributed by atoms with Gasteiger partial charge in [-0.1, -0.05) is 11.3 Å². The highest BCUT2D eigenvalue weighted by molar-refractivity contribution is 7.90. The molecule has 5 aromatic rings. The van der Waals surface area contributed by atoms with Crippen LogP contribution in [0, 0.1) is 37.0 Å². The number of aryl methyl sites for hydroxylation is 1. The molecule has 0 atom stereocenters. The number of hydrogen-bond acceptors (Lipinski definition) is 14. The van der Waals surface area contributed by atoms with Crippen molar-refractivity contribution in [3.63, 3.8) is 0 Å². The van der Waals surface area contributed by atoms with Gasteiger partial charge in [-0.3, -0.25) is 14.3 Å². The first-order valence-electron chi connectivity index (χ1n) is 19.7. The lowest BCUT2D eigenvalue weighted by molar-refractivity contribution is -0.143. The van der Waals surface area contributed by atoms with E-state index in [0.717, 1.165) is 51.5 Å². The summed E-state index contributed by atoms with van der Waals surface area (Å²) >= 11 is 1.41. The van der Waals surface area contributed by atoms with Crippen molar-refractivity contribution >= 4 is 66.2 Å². The quantitative estimate of drug-likeness (QED) is 0.0824. The first kappa shape index (κ1) is 38.8. The number of thiazole rings is 1. The summed E-state index contributed by atoms with van der Waals surface area (Å²) in [6.07, 6.45) is 11.9. The highest BCUT2D eigenvalue weighted by Crippen LogP contribution is 2.60. The molecule has 0 spiro atoms. The molecule has 0 radical (unpaired) electrons. The zero-order valence-electron chi connectivity index (χ0n) is 32.7. The molecule has 15 nitrogen and oxygen atoms in total. The average molecular weight is 813 g/mol. The third-order valence-electron chi connectivity index (χ3n) is 11.8. The second-order valence-corrected chi connectivity index (χ2v) is 18.9. The molecule has 5 heterocycles. The minimum absolute atomic E-state index is 0.0562. The molecule has 0 aromatic carbocycles. The van der Waals surface area contributed by atoms with Crippen LogP contribution in [0.25, 0.3) is 21.5 Å². The number of rotatable bonds is 15. The molecule has 4 saturated carbocycles. The Morgan fingerprint density at radius 1 is 1.00 bits per heavy atom. The number of nitrogens with zero attached hydrogens (tertiary/aromatic N) is 8. The van der Waals surface area contributed by atoms with E-state index in [2.05, 4.69) is 34.9 Å². The number of esters is 1. The van der Waals surface area contributed by atoms with Gasteiger partial charge in [-0.15, -0.1) is 10.2 Å². The van der Waals surface area contributed by atoms with Crippen molar-refractivity contribution in [3.05, 3.63) is 59.7 Å². The summed E-state index contributed by atoms with van der Waals surface area (Å²) in [7, 11) is -2.31. The van der Waals surface area contributed by atoms with E-state index in [0.29, 0.717) is 34.6 Å². The Balaban J connectivity index is 1.05. The molecule has 0 aliphatic heterocycles. The Labute approximate surface area is 336 Å². The van der Waals surface area contributed by atoms with Gasteiger partial charge in [0.1, 0.15) is 21.9 Å². The normalized spacial score (nSPS) is 21.2. The van der Waals surface area contributed by atoms with Gasteiger partial charge in [0.2, 0.25) is 10.0 Å². The standard InChI is InChI=1S/C40H48N10O5S2/c1-5-55-34(51)10-6-7-14-57(53,54)48-37(52)35-29(30-22-42-50(25(30)3)23-40-19-26-16-27(20-40)18-28(17-26)21-40)11-12-32(44-35)49(4)33-15-24(2)36(47-46-33)45-39-43-31-9-8-13-41-38(31)56-39/h8-9,11-13,15,22,26-28H,5-7,10,14,16-21,23H2,1-4H3,(H,48,52)(H,43,45,47). The Bertz CT molecular complexity index is 2360. The fraction of sp³-hybridized carbons (Fsp3) is 0.500. The van der Waals surface area contributed by atoms with E-state index in [-0.39, 0.29) is 42.3 Å². The fourth-order valence-corrected chi connectivity index (χ4v) is 11.4. The summed E-state index contributed by atoms with van der Waals surface area (Å²) in [5.74, 6) is 2.20. The Hall–Kier alpha value is -5.03. The van der Waals surface area contributed by atoms with Gasteiger partial charge in [-0.05, 0) is 131 Å². The summed E-state index contributed by atoms with van der Waals surface area (Å²) in [6, 6.07) is 9.15. The smallest absolute Gasteiger partial charge is 0.305 e. The lowest BCUT2D eigenvalue weighted by atomic mass is 9.49. The first-order valence-corrected chi connectivity index (χ1v) is 22.2. The Morgan fingerprint density at radius 3 is 2.46 bits per heavy atom. The molecule has 57 heavy (non-hydrogen) atoms. The van der Waals surface area contributed by atoms with Gasteiger partial charge in [0, 0.05) is 43.0 Å². The van der Waals surface area contributed by atoms with Crippen molar-refractivity contribution in [1.29, 1.82) is 0 Å². The summed E-state index contributed by atoms with van der Waals surface area (Å²) in [5, 5.41) is 17.6. The highest BCUT2D eigenvalue weighted by atomic mass is 32.2. The maximum atomic E-state index is 14.0. The summed E-state index contributed by atoms with van der Waals surface area (Å²) in [6.45, 7) is 6.71. The van der Waals surface area contributed by atoms with Crippen LogP contribution >= 0.6 is 11.3 Å². The number of amides is 1. The van der Waals surface area contributed by atoms with Gasteiger partial charge in [0.25, 0.3) is 5.91 Å². The minimum Gasteiger partial charge on any atom is -0.466 e. The van der Waals surface area contributed by atoms with Crippen LogP contribution in [0.2, 0.25) is 0 Å². The van der Waals surface area contributed by atoms with Gasteiger partial charge in [-0.2, -0.15) is 5.10 Å². The van der Waals surface area contributed by atoms with E-state index in [9.17, 15) is 18.0 Å². The molecule has 5 aromatic heterocycles. The van der Waals surface area contributed by atoms with Crippen molar-refractivity contribution in [3.8, 4) is 11.1 Å². The maximum absolute atomic E-state index is 14.0. The molecule has 4 fully saturated rings. The molecular weight excluding hydrogens is 765 g/mol. The predicted molar refractivity (Wildman–Crippen MR) is 218 cm³/mol. The summed E-state index contributed by atoms with van der Waals surface area (Å²) in [5.41, 5.74) is 3.86. The van der Waals surface area contributed by atoms with Crippen LogP contribution in [0.1, 0.15) is 86.5 Å². The molecule has 0 saturated heterocycles. The number of ether oxygens (including phenoxy) is 1. The first-order chi connectivity index (χ1) is 27.4. The lowest BCUT2D eigenvalue weighted by Crippen LogP contribution is -2.48. The fourth-order valence-electron chi connectivity index (χ4n) is 9.53. The van der Waals surface area contributed by atoms with Crippen molar-refractivity contribution in [2.75, 3.05) is 29.6 Å². The van der Waals surface area contributed by atoms with Crippen LogP contribution in [0.3, 0.4) is 0 Å². The van der Waals surface area contributed by atoms with Gasteiger partial charge in [0.05, 0.1) is 18.6 Å². The van der Waals surface area contributed by atoms with Crippen molar-refractivity contribution < 1.29 is 22.7 Å². The maximum Gasteiger partial charge on any atom is 0.305 e. The Kier molecular flexibility index (Phi) is 10.7. The minimum atomic E-state index is -4.07. The van der Waals surface area contributed by atoms with Gasteiger partial charge >= 0.3 is 5.97 Å². The van der Waals surface area contributed by atoms with Crippen LogP contribution in [0.4, 0.5) is 22.6 Å². The molecule has 1 amide bonds. The van der Waals surface area contributed by atoms with Crippen LogP contribution in [-0.4, -0.2) is 74.6 Å². The molecule has 4 aliphatic rings. The molecule has 300 valence electrons. The van der Waals surface area contributed by atoms with Crippen LogP contribution < -0.4 is 14.9 Å². The number of carbonyl (C=O) groups excluding carboxylic acids is 2. The molecule has 4 bridgehead atoms. The number of anilines is 4. The second kappa shape index (κ2) is 15.7. The third-order valence-corrected chi connectivity index (χ3v) is 14.0. The number of pyridine rings is 2. The van der Waals surface area contributed by atoms with E-state index >= 15 is 0 Å². The number of hydrogen-bond donors (Lipinski definition) is 2. The van der Waals surface area contributed by atoms with E-state index < -0.39 is 15.9 Å². The second-order valence-electron chi connectivity index (χ2n) is 16.1. The van der Waals surface area contributed by atoms with Gasteiger partial charge in [0.15, 0.2) is 16.8 Å². The average Bonchev–Trinajstić information content (AvgIpc) is 3.74. The van der Waals surface area contributed by atoms with Gasteiger partial charge < -0.3 is 15.0 Å². The topological polar surface area (TPSA) is 187 Å². The van der Waals surface area contributed by atoms with E-state index in [4.69, 9.17) is 14.8 Å². The van der Waals surface area contributed by atoms with E-state index in [1.54, 1.807) is 43.4 Å². The number of unbranched alkanes of at least 4 members (excludes halogenated alkanes) is 1. The van der Waals surface area contributed by atoms with E-state index in [1.165, 1.54) is 49.9 Å². The zero-order valence-corrected chi connectivity index (χ0v) is 34.3. The zero-order chi connectivity index (χ0) is 39.9. The van der Waals surface area contributed by atoms with Crippen molar-refractivity contribution in [2.45, 2.75) is 85.1 Å². The summed E-state index contributed by atoms with van der Waals surface area (Å²) in [4.78, 5) is 42.0. The van der Waals surface area contributed by atoms with Crippen molar-refractivity contribution in [2.24, 2.45) is 23.2 Å². The molecular formula is C40H48N10O5S2. The van der Waals surface area contributed by atoms with Crippen LogP contribution in [0.5, 0.6) is 0 Å². The molecule has 2 N–H and O–H groups in total. The molecule has 0 unspecified atom stereocenters. The van der Waals surface area contributed by atoms with Crippen LogP contribution in [0.15, 0.2) is 42.7 Å². The number of sulfonamides is 1. The van der Waals surface area contributed by atoms with Crippen molar-refractivity contribution in [1.82, 2.24) is 39.7 Å². The molecule has 9 rings (SSSR count).